The van der Waals surface area contributed by atoms with E-state index in [1.165, 1.54) is 17.5 Å². The number of rotatable bonds is 5. The molecule has 0 amide bonds. The average molecular weight is 284 g/mol. The molecule has 8 heteroatoms. The third kappa shape index (κ3) is 2.91. The van der Waals surface area contributed by atoms with Gasteiger partial charge in [-0.3, -0.25) is 0 Å². The van der Waals surface area contributed by atoms with Gasteiger partial charge in [0.15, 0.2) is 0 Å². The Morgan fingerprint density at radius 3 is 2.89 bits per heavy atom. The van der Waals surface area contributed by atoms with Gasteiger partial charge in [0.25, 0.3) is 0 Å². The molecular weight excluding hydrogens is 272 g/mol. The van der Waals surface area contributed by atoms with E-state index in [0.29, 0.717) is 10.6 Å². The van der Waals surface area contributed by atoms with E-state index < -0.39 is 10.0 Å². The molecule has 0 saturated carbocycles. The van der Waals surface area contributed by atoms with E-state index in [9.17, 15) is 8.42 Å². The molecule has 2 rings (SSSR count). The fourth-order valence-electron chi connectivity index (χ4n) is 1.39. The predicted octanol–water partition coefficient (Wildman–Crippen LogP) is 0.475. The maximum absolute atomic E-state index is 12.0. The summed E-state index contributed by atoms with van der Waals surface area (Å²) in [5.74, 6) is 0. The highest BCUT2D eigenvalue weighted by atomic mass is 32.2. The third-order valence-corrected chi connectivity index (χ3v) is 4.81. The van der Waals surface area contributed by atoms with Gasteiger partial charge in [-0.1, -0.05) is 0 Å². The molecule has 0 aromatic carbocycles. The van der Waals surface area contributed by atoms with Crippen LogP contribution in [-0.4, -0.2) is 18.6 Å². The summed E-state index contributed by atoms with van der Waals surface area (Å²) in [5.41, 5.74) is 6.06. The summed E-state index contributed by atoms with van der Waals surface area (Å²) >= 11 is 1.33. The van der Waals surface area contributed by atoms with Crippen LogP contribution in [0.4, 0.5) is 0 Å². The minimum Gasteiger partial charge on any atom is -0.326 e. The summed E-state index contributed by atoms with van der Waals surface area (Å²) in [7, 11) is -3.55. The van der Waals surface area contributed by atoms with Crippen LogP contribution >= 0.6 is 11.3 Å². The van der Waals surface area contributed by atoms with Gasteiger partial charge < -0.3 is 5.73 Å². The standard InChI is InChI=1S/C10H12N4O2S2/c11-6-9-10(3-5-17-9)18(15,16)13-7-8-2-1-4-12-14-8/h1-5,13H,6-7,11H2. The van der Waals surface area contributed by atoms with E-state index in [2.05, 4.69) is 14.9 Å². The Bertz CT molecular complexity index is 610. The van der Waals surface area contributed by atoms with E-state index in [4.69, 9.17) is 5.73 Å². The van der Waals surface area contributed by atoms with Gasteiger partial charge in [-0.2, -0.15) is 10.2 Å². The van der Waals surface area contributed by atoms with Crippen molar-refractivity contribution in [2.75, 3.05) is 0 Å². The summed E-state index contributed by atoms with van der Waals surface area (Å²) in [6.07, 6.45) is 1.53. The van der Waals surface area contributed by atoms with E-state index in [-0.39, 0.29) is 18.0 Å². The van der Waals surface area contributed by atoms with Crippen LogP contribution in [-0.2, 0) is 23.1 Å². The van der Waals surface area contributed by atoms with E-state index >= 15 is 0 Å². The van der Waals surface area contributed by atoms with Crippen molar-refractivity contribution in [3.8, 4) is 0 Å². The predicted molar refractivity (Wildman–Crippen MR) is 68.3 cm³/mol. The molecule has 0 aliphatic heterocycles. The zero-order valence-corrected chi connectivity index (χ0v) is 11.0. The third-order valence-electron chi connectivity index (χ3n) is 2.25. The second kappa shape index (κ2) is 5.53. The van der Waals surface area contributed by atoms with Crippen LogP contribution in [0.15, 0.2) is 34.7 Å². The first kappa shape index (κ1) is 13.1. The number of hydrogen-bond donors (Lipinski definition) is 2. The van der Waals surface area contributed by atoms with Crippen molar-refractivity contribution in [2.45, 2.75) is 18.0 Å². The molecule has 0 saturated heterocycles. The fraction of sp³-hybridized carbons (Fsp3) is 0.200. The van der Waals surface area contributed by atoms with Crippen molar-refractivity contribution in [2.24, 2.45) is 5.73 Å². The molecule has 0 atom stereocenters. The highest BCUT2D eigenvalue weighted by Gasteiger charge is 2.18. The highest BCUT2D eigenvalue weighted by molar-refractivity contribution is 7.89. The normalized spacial score (nSPS) is 11.6. The molecule has 0 aliphatic rings. The molecule has 0 spiro atoms. The fourth-order valence-corrected chi connectivity index (χ4v) is 3.72. The van der Waals surface area contributed by atoms with Crippen LogP contribution in [0.3, 0.4) is 0 Å². The summed E-state index contributed by atoms with van der Waals surface area (Å²) in [6, 6.07) is 4.95. The SMILES string of the molecule is NCc1sccc1S(=O)(=O)NCc1cccnn1. The van der Waals surface area contributed by atoms with Crippen molar-refractivity contribution < 1.29 is 8.42 Å². The number of aromatic nitrogens is 2. The van der Waals surface area contributed by atoms with Gasteiger partial charge in [0.1, 0.15) is 0 Å². The summed E-state index contributed by atoms with van der Waals surface area (Å²) in [4.78, 5) is 0.875. The van der Waals surface area contributed by atoms with Gasteiger partial charge >= 0.3 is 0 Å². The van der Waals surface area contributed by atoms with Gasteiger partial charge in [-0.15, -0.1) is 11.3 Å². The van der Waals surface area contributed by atoms with Crippen LogP contribution in [0, 0.1) is 0 Å². The van der Waals surface area contributed by atoms with E-state index in [1.807, 2.05) is 0 Å². The number of nitrogens with zero attached hydrogens (tertiary/aromatic N) is 2. The van der Waals surface area contributed by atoms with Gasteiger partial charge in [0.2, 0.25) is 10.0 Å². The van der Waals surface area contributed by atoms with Crippen molar-refractivity contribution in [3.63, 3.8) is 0 Å². The second-order valence-electron chi connectivity index (χ2n) is 3.45. The van der Waals surface area contributed by atoms with Crippen LogP contribution in [0.25, 0.3) is 0 Å². The summed E-state index contributed by atoms with van der Waals surface area (Å²) in [5, 5.41) is 9.19. The molecule has 0 unspecified atom stereocenters. The summed E-state index contributed by atoms with van der Waals surface area (Å²) < 4.78 is 26.5. The quantitative estimate of drug-likeness (QED) is 0.832. The van der Waals surface area contributed by atoms with Crippen LogP contribution < -0.4 is 10.5 Å². The first-order chi connectivity index (χ1) is 8.63. The molecule has 6 nitrogen and oxygen atoms in total. The van der Waals surface area contributed by atoms with Gasteiger partial charge in [-0.05, 0) is 23.6 Å². The van der Waals surface area contributed by atoms with Crippen LogP contribution in [0.5, 0.6) is 0 Å². The molecule has 18 heavy (non-hydrogen) atoms. The topological polar surface area (TPSA) is 98.0 Å². The minimum atomic E-state index is -3.55. The molecule has 2 aromatic rings. The Hall–Kier alpha value is -1.35. The highest BCUT2D eigenvalue weighted by Crippen LogP contribution is 2.21. The van der Waals surface area contributed by atoms with Gasteiger partial charge in [0, 0.05) is 17.6 Å². The lowest BCUT2D eigenvalue weighted by Gasteiger charge is -2.06. The van der Waals surface area contributed by atoms with Crippen molar-refractivity contribution in [1.29, 1.82) is 0 Å². The lowest BCUT2D eigenvalue weighted by molar-refractivity contribution is 0.579. The molecular formula is C10H12N4O2S2. The van der Waals surface area contributed by atoms with Crippen LogP contribution in [0.1, 0.15) is 10.6 Å². The van der Waals surface area contributed by atoms with Gasteiger partial charge in [-0.25, -0.2) is 13.1 Å². The Kier molecular flexibility index (Phi) is 4.02. The van der Waals surface area contributed by atoms with Crippen molar-refractivity contribution >= 4 is 21.4 Å². The van der Waals surface area contributed by atoms with Crippen LogP contribution in [0.2, 0.25) is 0 Å². The molecule has 0 radical (unpaired) electrons. The largest absolute Gasteiger partial charge is 0.326 e. The Balaban J connectivity index is 2.13. The smallest absolute Gasteiger partial charge is 0.242 e. The van der Waals surface area contributed by atoms with Crippen molar-refractivity contribution in [3.05, 3.63) is 40.3 Å². The lowest BCUT2D eigenvalue weighted by Crippen LogP contribution is -2.24. The Morgan fingerprint density at radius 1 is 1.39 bits per heavy atom. The lowest BCUT2D eigenvalue weighted by atomic mass is 10.4. The van der Waals surface area contributed by atoms with Gasteiger partial charge in [0.05, 0.1) is 17.1 Å². The average Bonchev–Trinajstić information content (AvgIpc) is 2.87. The maximum Gasteiger partial charge on any atom is 0.242 e. The molecule has 0 bridgehead atoms. The number of hydrogen-bond acceptors (Lipinski definition) is 6. The van der Waals surface area contributed by atoms with Crippen molar-refractivity contribution in [1.82, 2.24) is 14.9 Å². The number of nitrogens with two attached hydrogens (primary N) is 1. The zero-order chi connectivity index (χ0) is 13.0. The monoisotopic (exact) mass is 284 g/mol. The Labute approximate surface area is 109 Å². The first-order valence-electron chi connectivity index (χ1n) is 5.16. The molecule has 96 valence electrons. The molecule has 2 heterocycles. The Morgan fingerprint density at radius 2 is 2.22 bits per heavy atom. The first-order valence-corrected chi connectivity index (χ1v) is 7.52. The minimum absolute atomic E-state index is 0.107. The molecule has 0 fully saturated rings. The number of thiophene rings is 1. The maximum atomic E-state index is 12.0. The molecule has 0 aliphatic carbocycles. The second-order valence-corrected chi connectivity index (χ2v) is 6.19. The summed E-state index contributed by atoms with van der Waals surface area (Å²) in [6.45, 7) is 0.315. The van der Waals surface area contributed by atoms with E-state index in [0.717, 1.165) is 0 Å². The number of sulfonamides is 1. The molecule has 2 aromatic heterocycles. The van der Waals surface area contributed by atoms with E-state index in [1.54, 1.807) is 23.6 Å². The zero-order valence-electron chi connectivity index (χ0n) is 9.41. The molecule has 3 N–H and O–H groups in total. The number of nitrogens with one attached hydrogen (secondary N) is 1.